The van der Waals surface area contributed by atoms with Gasteiger partial charge in [-0.1, -0.05) is 29.8 Å². The summed E-state index contributed by atoms with van der Waals surface area (Å²) in [7, 11) is -0.0604. The minimum atomic E-state index is -1.76. The Morgan fingerprint density at radius 2 is 1.77 bits per heavy atom. The summed E-state index contributed by atoms with van der Waals surface area (Å²) in [5.41, 5.74) is 5.53. The number of hydrogen-bond acceptors (Lipinski definition) is 2. The van der Waals surface area contributed by atoms with Crippen LogP contribution in [-0.2, 0) is 6.42 Å². The molecule has 0 radical (unpaired) electrons. The highest BCUT2D eigenvalue weighted by molar-refractivity contribution is 6.92. The van der Waals surface area contributed by atoms with Crippen LogP contribution in [0.25, 0.3) is 6.08 Å². The molecule has 0 saturated heterocycles. The van der Waals surface area contributed by atoms with Crippen molar-refractivity contribution in [2.45, 2.75) is 26.4 Å². The second-order valence-corrected chi connectivity index (χ2v) is 10.6. The lowest BCUT2D eigenvalue weighted by atomic mass is 10.1. The SMILES string of the molecule is COc1ccc(N[Si](C)(C)c2cccc3c2CC(C)=C3)cc1. The van der Waals surface area contributed by atoms with E-state index in [0.717, 1.165) is 17.9 Å². The summed E-state index contributed by atoms with van der Waals surface area (Å²) in [6, 6.07) is 14.9. The molecular formula is C19H23NOSi. The van der Waals surface area contributed by atoms with E-state index >= 15 is 0 Å². The van der Waals surface area contributed by atoms with Gasteiger partial charge in [0, 0.05) is 5.69 Å². The predicted molar refractivity (Wildman–Crippen MR) is 97.5 cm³/mol. The smallest absolute Gasteiger partial charge is 0.179 e. The van der Waals surface area contributed by atoms with Crippen LogP contribution < -0.4 is 14.9 Å². The molecule has 0 aromatic heterocycles. The molecule has 1 aliphatic carbocycles. The summed E-state index contributed by atoms with van der Waals surface area (Å²) in [5, 5.41) is 1.51. The topological polar surface area (TPSA) is 21.3 Å². The third kappa shape index (κ3) is 2.81. The van der Waals surface area contributed by atoms with Crippen molar-refractivity contribution in [2.75, 3.05) is 12.1 Å². The number of fused-ring (bicyclic) bond motifs is 1. The number of anilines is 1. The van der Waals surface area contributed by atoms with Gasteiger partial charge >= 0.3 is 0 Å². The molecule has 0 bridgehead atoms. The van der Waals surface area contributed by atoms with Crippen molar-refractivity contribution in [1.82, 2.24) is 0 Å². The molecule has 0 saturated carbocycles. The van der Waals surface area contributed by atoms with Crippen LogP contribution in [0.15, 0.2) is 48.0 Å². The summed E-state index contributed by atoms with van der Waals surface area (Å²) in [4.78, 5) is 3.79. The molecule has 2 aromatic carbocycles. The Balaban J connectivity index is 1.89. The van der Waals surface area contributed by atoms with Gasteiger partial charge in [-0.05, 0) is 67.0 Å². The van der Waals surface area contributed by atoms with Gasteiger partial charge in [-0.25, -0.2) is 0 Å². The third-order valence-electron chi connectivity index (χ3n) is 4.29. The van der Waals surface area contributed by atoms with Gasteiger partial charge in [0.15, 0.2) is 8.24 Å². The highest BCUT2D eigenvalue weighted by Crippen LogP contribution is 2.26. The highest BCUT2D eigenvalue weighted by Gasteiger charge is 2.29. The first-order valence-electron chi connectivity index (χ1n) is 7.71. The number of ether oxygens (including phenoxy) is 1. The van der Waals surface area contributed by atoms with Gasteiger partial charge < -0.3 is 9.72 Å². The highest BCUT2D eigenvalue weighted by atomic mass is 28.3. The molecule has 1 N–H and O–H groups in total. The Morgan fingerprint density at radius 3 is 2.45 bits per heavy atom. The molecule has 3 heteroatoms. The van der Waals surface area contributed by atoms with E-state index in [9.17, 15) is 0 Å². The second kappa shape index (κ2) is 5.65. The molecule has 0 heterocycles. The van der Waals surface area contributed by atoms with E-state index in [1.807, 2.05) is 12.1 Å². The number of methoxy groups -OCH3 is 1. The largest absolute Gasteiger partial charge is 0.497 e. The lowest BCUT2D eigenvalue weighted by Crippen LogP contribution is -2.51. The summed E-state index contributed by atoms with van der Waals surface area (Å²) in [6.45, 7) is 6.97. The van der Waals surface area contributed by atoms with Crippen LogP contribution in [0.4, 0.5) is 5.69 Å². The van der Waals surface area contributed by atoms with Gasteiger partial charge in [-0.3, -0.25) is 0 Å². The van der Waals surface area contributed by atoms with Crippen LogP contribution in [0.3, 0.4) is 0 Å². The van der Waals surface area contributed by atoms with Crippen molar-refractivity contribution >= 4 is 25.2 Å². The fourth-order valence-electron chi connectivity index (χ4n) is 3.22. The quantitative estimate of drug-likeness (QED) is 0.856. The monoisotopic (exact) mass is 309 g/mol. The normalized spacial score (nSPS) is 13.5. The van der Waals surface area contributed by atoms with E-state index in [1.165, 1.54) is 21.9 Å². The predicted octanol–water partition coefficient (Wildman–Crippen LogP) is 4.18. The Morgan fingerprint density at radius 1 is 1.05 bits per heavy atom. The van der Waals surface area contributed by atoms with Gasteiger partial charge in [-0.15, -0.1) is 0 Å². The van der Waals surface area contributed by atoms with Gasteiger partial charge in [0.1, 0.15) is 5.75 Å². The average molecular weight is 309 g/mol. The van der Waals surface area contributed by atoms with Crippen LogP contribution in [0.5, 0.6) is 5.75 Å². The van der Waals surface area contributed by atoms with Crippen molar-refractivity contribution in [3.05, 3.63) is 59.2 Å². The lowest BCUT2D eigenvalue weighted by molar-refractivity contribution is 0.415. The van der Waals surface area contributed by atoms with Crippen molar-refractivity contribution in [1.29, 1.82) is 0 Å². The Kier molecular flexibility index (Phi) is 3.83. The van der Waals surface area contributed by atoms with E-state index in [0.29, 0.717) is 0 Å². The number of rotatable bonds is 4. The van der Waals surface area contributed by atoms with Crippen LogP contribution >= 0.6 is 0 Å². The Bertz CT molecular complexity index is 717. The molecule has 1 aliphatic rings. The zero-order valence-corrected chi connectivity index (χ0v) is 14.7. The Labute approximate surface area is 133 Å². The standard InChI is InChI=1S/C19H23NOSi/c1-14-12-15-6-5-7-19(18(15)13-14)22(3,4)20-16-8-10-17(21-2)11-9-16/h5-12,20H,13H2,1-4H3. The maximum atomic E-state index is 5.23. The van der Waals surface area contributed by atoms with Crippen LogP contribution in [-0.4, -0.2) is 15.3 Å². The van der Waals surface area contributed by atoms with Crippen LogP contribution in [0.2, 0.25) is 13.1 Å². The Hall–Kier alpha value is -2.00. The first-order valence-corrected chi connectivity index (χ1v) is 10.7. The van der Waals surface area contributed by atoms with Crippen LogP contribution in [0, 0.1) is 0 Å². The molecule has 0 atom stereocenters. The molecule has 22 heavy (non-hydrogen) atoms. The van der Waals surface area contributed by atoms with Gasteiger partial charge in [0.05, 0.1) is 7.11 Å². The number of allylic oxidation sites excluding steroid dienone is 1. The van der Waals surface area contributed by atoms with Crippen molar-refractivity contribution in [3.63, 3.8) is 0 Å². The van der Waals surface area contributed by atoms with E-state index in [-0.39, 0.29) is 0 Å². The maximum absolute atomic E-state index is 5.23. The zero-order valence-electron chi connectivity index (χ0n) is 13.7. The van der Waals surface area contributed by atoms with Crippen LogP contribution in [0.1, 0.15) is 18.1 Å². The van der Waals surface area contributed by atoms with Crippen molar-refractivity contribution < 1.29 is 4.74 Å². The van der Waals surface area contributed by atoms with Crippen molar-refractivity contribution in [3.8, 4) is 5.75 Å². The van der Waals surface area contributed by atoms with Crippen molar-refractivity contribution in [2.24, 2.45) is 0 Å². The van der Waals surface area contributed by atoms with E-state index < -0.39 is 8.24 Å². The molecule has 3 rings (SSSR count). The molecule has 0 amide bonds. The summed E-state index contributed by atoms with van der Waals surface area (Å²) < 4.78 is 5.23. The maximum Gasteiger partial charge on any atom is 0.179 e. The molecule has 0 aliphatic heterocycles. The summed E-state index contributed by atoms with van der Waals surface area (Å²) >= 11 is 0. The molecule has 0 spiro atoms. The lowest BCUT2D eigenvalue weighted by Gasteiger charge is -2.28. The third-order valence-corrected chi connectivity index (χ3v) is 7.02. The van der Waals surface area contributed by atoms with Gasteiger partial charge in [-0.2, -0.15) is 0 Å². The first-order chi connectivity index (χ1) is 10.5. The second-order valence-electron chi connectivity index (χ2n) is 6.52. The fourth-order valence-corrected chi connectivity index (χ4v) is 5.74. The minimum absolute atomic E-state index is 0.894. The summed E-state index contributed by atoms with van der Waals surface area (Å²) in [5.74, 6) is 0.894. The molecule has 2 aromatic rings. The fraction of sp³-hybridized carbons (Fsp3) is 0.263. The first kappa shape index (κ1) is 14.9. The van der Waals surface area contributed by atoms with E-state index in [2.05, 4.69) is 61.4 Å². The van der Waals surface area contributed by atoms with E-state index in [4.69, 9.17) is 4.74 Å². The number of hydrogen-bond donors (Lipinski definition) is 1. The van der Waals surface area contributed by atoms with Gasteiger partial charge in [0.2, 0.25) is 0 Å². The molecule has 0 fully saturated rings. The van der Waals surface area contributed by atoms with Gasteiger partial charge in [0.25, 0.3) is 0 Å². The zero-order chi connectivity index (χ0) is 15.7. The number of benzene rings is 2. The minimum Gasteiger partial charge on any atom is -0.497 e. The van der Waals surface area contributed by atoms with E-state index in [1.54, 1.807) is 7.11 Å². The summed E-state index contributed by atoms with van der Waals surface area (Å²) in [6.07, 6.45) is 3.41. The number of nitrogens with one attached hydrogen (secondary N) is 1. The molecular weight excluding hydrogens is 286 g/mol. The average Bonchev–Trinajstić information content (AvgIpc) is 2.87. The molecule has 2 nitrogen and oxygen atoms in total. The molecule has 0 unspecified atom stereocenters. The molecule has 114 valence electrons.